The Labute approximate surface area is 179 Å². The van der Waals surface area contributed by atoms with Gasteiger partial charge in [-0.25, -0.2) is 0 Å². The van der Waals surface area contributed by atoms with Gasteiger partial charge in [0.05, 0.1) is 0 Å². The van der Waals surface area contributed by atoms with Crippen LogP contribution in [0.15, 0.2) is 42.5 Å². The second-order valence-electron chi connectivity index (χ2n) is 8.15. The average molecular weight is 419 g/mol. The summed E-state index contributed by atoms with van der Waals surface area (Å²) in [5.41, 5.74) is 1.44. The van der Waals surface area contributed by atoms with Crippen LogP contribution in [0.4, 0.5) is 0 Å². The van der Waals surface area contributed by atoms with Crippen LogP contribution >= 0.6 is 23.5 Å². The van der Waals surface area contributed by atoms with Gasteiger partial charge in [-0.1, -0.05) is 48.9 Å². The topological polar surface area (TPSA) is 37.3 Å². The van der Waals surface area contributed by atoms with E-state index in [0.29, 0.717) is 6.42 Å². The molecule has 2 fully saturated rings. The maximum Gasteiger partial charge on any atom is 0.303 e. The van der Waals surface area contributed by atoms with E-state index >= 15 is 0 Å². The van der Waals surface area contributed by atoms with E-state index in [0.717, 1.165) is 40.9 Å². The monoisotopic (exact) mass is 418 g/mol. The Balaban J connectivity index is 1.31. The van der Waals surface area contributed by atoms with Gasteiger partial charge >= 0.3 is 5.97 Å². The van der Waals surface area contributed by atoms with E-state index in [2.05, 4.69) is 66.0 Å². The summed E-state index contributed by atoms with van der Waals surface area (Å²) < 4.78 is 0. The fourth-order valence-corrected chi connectivity index (χ4v) is 7.72. The van der Waals surface area contributed by atoms with Crippen molar-refractivity contribution in [3.05, 3.63) is 48.0 Å². The average Bonchev–Trinajstić information content (AvgIpc) is 3.30. The lowest BCUT2D eigenvalue weighted by molar-refractivity contribution is -0.137. The Morgan fingerprint density at radius 2 is 1.86 bits per heavy atom. The van der Waals surface area contributed by atoms with E-state index < -0.39 is 5.97 Å². The molecule has 1 N–H and O–H groups in total. The largest absolute Gasteiger partial charge is 0.481 e. The summed E-state index contributed by atoms with van der Waals surface area (Å²) in [4.78, 5) is 10.6. The van der Waals surface area contributed by atoms with Crippen LogP contribution in [0.25, 0.3) is 0 Å². The summed E-state index contributed by atoms with van der Waals surface area (Å²) in [5, 5.41) is 10.5. The van der Waals surface area contributed by atoms with Crippen molar-refractivity contribution in [1.29, 1.82) is 0 Å². The van der Waals surface area contributed by atoms with Gasteiger partial charge in [0, 0.05) is 22.7 Å². The second kappa shape index (κ2) is 12.0. The van der Waals surface area contributed by atoms with Crippen molar-refractivity contribution in [2.75, 3.05) is 5.75 Å². The van der Waals surface area contributed by atoms with Gasteiger partial charge in [-0.2, -0.15) is 23.5 Å². The molecule has 2 aliphatic heterocycles. The van der Waals surface area contributed by atoms with E-state index in [4.69, 9.17) is 5.11 Å². The SMILES string of the molecule is O=C(O)CCC/C=C\C[C@@H]1[C@H](CCCCSCc2ccccc2)[C@@H]2CC[C@H]1S2. The highest BCUT2D eigenvalue weighted by molar-refractivity contribution is 8.01. The number of carboxylic acids is 1. The van der Waals surface area contributed by atoms with Crippen molar-refractivity contribution in [1.82, 2.24) is 0 Å². The summed E-state index contributed by atoms with van der Waals surface area (Å²) in [6.45, 7) is 0. The first-order valence-corrected chi connectivity index (χ1v) is 13.0. The van der Waals surface area contributed by atoms with Crippen molar-refractivity contribution in [2.45, 2.75) is 74.0 Å². The number of unbranched alkanes of at least 4 members (excludes halogenated alkanes) is 2. The molecule has 3 rings (SSSR count). The van der Waals surface area contributed by atoms with Crippen molar-refractivity contribution in [3.63, 3.8) is 0 Å². The smallest absolute Gasteiger partial charge is 0.303 e. The molecule has 2 aliphatic rings. The predicted octanol–water partition coefficient (Wildman–Crippen LogP) is 6.80. The molecule has 1 aromatic rings. The maximum absolute atomic E-state index is 10.6. The highest BCUT2D eigenvalue weighted by Crippen LogP contribution is 2.55. The van der Waals surface area contributed by atoms with Crippen molar-refractivity contribution < 1.29 is 9.90 Å². The Hall–Kier alpha value is -0.870. The molecule has 0 radical (unpaired) electrons. The number of rotatable bonds is 13. The van der Waals surface area contributed by atoms with E-state index in [-0.39, 0.29) is 0 Å². The summed E-state index contributed by atoms with van der Waals surface area (Å²) in [6.07, 6.45) is 14.7. The minimum absolute atomic E-state index is 0.291. The molecule has 0 aromatic heterocycles. The Morgan fingerprint density at radius 1 is 1.07 bits per heavy atom. The van der Waals surface area contributed by atoms with Crippen LogP contribution in [0.5, 0.6) is 0 Å². The maximum atomic E-state index is 10.6. The van der Waals surface area contributed by atoms with E-state index in [1.54, 1.807) is 0 Å². The molecule has 0 unspecified atom stereocenters. The van der Waals surface area contributed by atoms with Crippen LogP contribution in [-0.4, -0.2) is 27.3 Å². The first-order valence-electron chi connectivity index (χ1n) is 10.9. The number of hydrogen-bond donors (Lipinski definition) is 1. The van der Waals surface area contributed by atoms with Gasteiger partial charge in [0.25, 0.3) is 0 Å². The highest BCUT2D eigenvalue weighted by Gasteiger charge is 2.46. The molecule has 2 heterocycles. The summed E-state index contributed by atoms with van der Waals surface area (Å²) in [5.74, 6) is 3.50. The summed E-state index contributed by atoms with van der Waals surface area (Å²) in [7, 11) is 0. The van der Waals surface area contributed by atoms with Crippen LogP contribution in [-0.2, 0) is 10.5 Å². The van der Waals surface area contributed by atoms with Gasteiger partial charge in [0.1, 0.15) is 0 Å². The van der Waals surface area contributed by atoms with Crippen LogP contribution in [0.2, 0.25) is 0 Å². The minimum Gasteiger partial charge on any atom is -0.481 e. The predicted molar refractivity (Wildman–Crippen MR) is 123 cm³/mol. The molecule has 4 atom stereocenters. The number of carboxylic acid groups (broad SMARTS) is 1. The van der Waals surface area contributed by atoms with E-state index in [9.17, 15) is 4.79 Å². The van der Waals surface area contributed by atoms with Crippen LogP contribution < -0.4 is 0 Å². The molecule has 2 nitrogen and oxygen atoms in total. The van der Waals surface area contributed by atoms with Crippen LogP contribution in [0, 0.1) is 11.8 Å². The van der Waals surface area contributed by atoms with Crippen LogP contribution in [0.3, 0.4) is 0 Å². The van der Waals surface area contributed by atoms with Gasteiger partial charge in [0.15, 0.2) is 0 Å². The zero-order valence-electron chi connectivity index (χ0n) is 16.8. The summed E-state index contributed by atoms with van der Waals surface area (Å²) >= 11 is 4.34. The third-order valence-corrected chi connectivity index (χ3v) is 9.10. The zero-order chi connectivity index (χ0) is 19.6. The Kier molecular flexibility index (Phi) is 9.33. The number of hydrogen-bond acceptors (Lipinski definition) is 3. The summed E-state index contributed by atoms with van der Waals surface area (Å²) in [6, 6.07) is 10.8. The number of fused-ring (bicyclic) bond motifs is 2. The number of aliphatic carboxylic acids is 1. The molecule has 2 bridgehead atoms. The lowest BCUT2D eigenvalue weighted by atomic mass is 9.75. The highest BCUT2D eigenvalue weighted by atomic mass is 32.2. The van der Waals surface area contributed by atoms with Crippen molar-refractivity contribution in [2.24, 2.45) is 11.8 Å². The van der Waals surface area contributed by atoms with Gasteiger partial charge in [-0.05, 0) is 68.1 Å². The van der Waals surface area contributed by atoms with Gasteiger partial charge in [-0.3, -0.25) is 4.79 Å². The van der Waals surface area contributed by atoms with Gasteiger partial charge < -0.3 is 5.11 Å². The Morgan fingerprint density at radius 3 is 2.64 bits per heavy atom. The lowest BCUT2D eigenvalue weighted by Crippen LogP contribution is -2.26. The van der Waals surface area contributed by atoms with Crippen LogP contribution in [0.1, 0.15) is 63.4 Å². The first kappa shape index (κ1) is 21.8. The molecule has 2 saturated heterocycles. The normalized spacial score (nSPS) is 26.3. The molecular formula is C24H34O2S2. The fourth-order valence-electron chi connectivity index (χ4n) is 4.69. The molecule has 0 aliphatic carbocycles. The zero-order valence-corrected chi connectivity index (χ0v) is 18.4. The number of benzene rings is 1. The van der Waals surface area contributed by atoms with E-state index in [1.807, 2.05) is 0 Å². The molecule has 154 valence electrons. The molecule has 0 amide bonds. The fraction of sp³-hybridized carbons (Fsp3) is 0.625. The third kappa shape index (κ3) is 6.88. The molecular weight excluding hydrogens is 384 g/mol. The van der Waals surface area contributed by atoms with Gasteiger partial charge in [-0.15, -0.1) is 0 Å². The third-order valence-electron chi connectivity index (χ3n) is 6.11. The quantitative estimate of drug-likeness (QED) is 0.282. The van der Waals surface area contributed by atoms with E-state index in [1.165, 1.54) is 49.8 Å². The molecule has 0 saturated carbocycles. The number of thioether (sulfide) groups is 2. The molecule has 28 heavy (non-hydrogen) atoms. The van der Waals surface area contributed by atoms with Crippen molar-refractivity contribution in [3.8, 4) is 0 Å². The van der Waals surface area contributed by atoms with Crippen molar-refractivity contribution >= 4 is 29.5 Å². The second-order valence-corrected chi connectivity index (χ2v) is 10.7. The number of allylic oxidation sites excluding steroid dienone is 2. The molecule has 1 aromatic carbocycles. The first-order chi connectivity index (χ1) is 13.7. The molecule has 4 heteroatoms. The minimum atomic E-state index is -0.681. The number of carbonyl (C=O) groups is 1. The van der Waals surface area contributed by atoms with Gasteiger partial charge in [0.2, 0.25) is 0 Å². The standard InChI is InChI=1S/C24H34O2S2/c25-24(26)14-7-2-1-6-12-20-21(23-16-15-22(20)28-23)13-8-9-17-27-18-19-10-4-3-5-11-19/h1,3-6,10-11,20-23H,2,7-9,12-18H2,(H,25,26)/b6-1-/t20-,21+,22-,23+/m1/s1. The molecule has 0 spiro atoms. The lowest BCUT2D eigenvalue weighted by Gasteiger charge is -2.29. The Bertz CT molecular complexity index is 616.